The molecule has 0 atom stereocenters. The molecule has 0 aliphatic rings. The van der Waals surface area contributed by atoms with Crippen LogP contribution in [0.1, 0.15) is 12.6 Å². The average molecular weight is 235 g/mol. The van der Waals surface area contributed by atoms with Crippen molar-refractivity contribution in [2.24, 2.45) is 0 Å². The second-order valence-corrected chi connectivity index (χ2v) is 4.39. The maximum atomic E-state index is 12.7. The van der Waals surface area contributed by atoms with Crippen LogP contribution in [0, 0.1) is 5.82 Å². The molecule has 0 bridgehead atoms. The highest BCUT2D eigenvalue weighted by Crippen LogP contribution is 2.23. The third-order valence-electron chi connectivity index (χ3n) is 2.07. The molecule has 0 spiro atoms. The molecule has 0 fully saturated rings. The van der Waals surface area contributed by atoms with Crippen LogP contribution in [-0.2, 0) is 11.2 Å². The van der Waals surface area contributed by atoms with Gasteiger partial charge in [-0.25, -0.2) is 9.37 Å². The van der Waals surface area contributed by atoms with Crippen molar-refractivity contribution in [3.63, 3.8) is 0 Å². The monoisotopic (exact) mass is 235 g/mol. The van der Waals surface area contributed by atoms with E-state index in [0.717, 1.165) is 16.3 Å². The van der Waals surface area contributed by atoms with E-state index in [1.54, 1.807) is 12.1 Å². The van der Waals surface area contributed by atoms with E-state index in [9.17, 15) is 9.18 Å². The molecule has 2 rings (SSSR count). The normalized spacial score (nSPS) is 10.4. The zero-order valence-corrected chi connectivity index (χ0v) is 9.55. The van der Waals surface area contributed by atoms with E-state index in [4.69, 9.17) is 0 Å². The van der Waals surface area contributed by atoms with Gasteiger partial charge in [0.25, 0.3) is 0 Å². The van der Waals surface area contributed by atoms with Crippen LogP contribution < -0.4 is 0 Å². The van der Waals surface area contributed by atoms with Crippen molar-refractivity contribution in [2.45, 2.75) is 13.3 Å². The molecule has 16 heavy (non-hydrogen) atoms. The number of nitrogens with zero attached hydrogens (tertiary/aromatic N) is 1. The number of thiazole rings is 1. The molecule has 0 aliphatic heterocycles. The van der Waals surface area contributed by atoms with Crippen LogP contribution in [-0.4, -0.2) is 10.8 Å². The fourth-order valence-electron chi connectivity index (χ4n) is 1.37. The molecule has 4 heteroatoms. The van der Waals surface area contributed by atoms with Gasteiger partial charge in [0.2, 0.25) is 0 Å². The molecule has 0 unspecified atom stereocenters. The first-order valence-corrected chi connectivity index (χ1v) is 5.73. The zero-order valence-electron chi connectivity index (χ0n) is 8.74. The first-order chi connectivity index (χ1) is 7.65. The standard InChI is InChI=1S/C12H10FNOS/c1-8(15)6-11-7-16-12(14-11)9-2-4-10(13)5-3-9/h2-5,7H,6H2,1H3. The van der Waals surface area contributed by atoms with Crippen LogP contribution in [0.5, 0.6) is 0 Å². The summed E-state index contributed by atoms with van der Waals surface area (Å²) in [6.07, 6.45) is 0.359. The number of carbonyl (C=O) groups excluding carboxylic acids is 1. The zero-order chi connectivity index (χ0) is 11.5. The Morgan fingerprint density at radius 1 is 1.38 bits per heavy atom. The second kappa shape index (κ2) is 4.53. The predicted octanol–water partition coefficient (Wildman–Crippen LogP) is 3.08. The van der Waals surface area contributed by atoms with Gasteiger partial charge in [-0.05, 0) is 31.2 Å². The molecule has 0 radical (unpaired) electrons. The van der Waals surface area contributed by atoms with E-state index >= 15 is 0 Å². The van der Waals surface area contributed by atoms with Gasteiger partial charge >= 0.3 is 0 Å². The lowest BCUT2D eigenvalue weighted by atomic mass is 10.2. The van der Waals surface area contributed by atoms with Gasteiger partial charge in [-0.2, -0.15) is 0 Å². The lowest BCUT2D eigenvalue weighted by Crippen LogP contribution is -1.95. The second-order valence-electron chi connectivity index (χ2n) is 3.53. The van der Waals surface area contributed by atoms with E-state index in [0.29, 0.717) is 6.42 Å². The summed E-state index contributed by atoms with van der Waals surface area (Å²) in [6, 6.07) is 6.18. The van der Waals surface area contributed by atoms with Crippen molar-refractivity contribution in [3.8, 4) is 10.6 Å². The van der Waals surface area contributed by atoms with Crippen LogP contribution >= 0.6 is 11.3 Å². The number of rotatable bonds is 3. The van der Waals surface area contributed by atoms with Crippen LogP contribution in [0.2, 0.25) is 0 Å². The largest absolute Gasteiger partial charge is 0.300 e. The Labute approximate surface area is 96.8 Å². The minimum absolute atomic E-state index is 0.0935. The van der Waals surface area contributed by atoms with Crippen molar-refractivity contribution < 1.29 is 9.18 Å². The quantitative estimate of drug-likeness (QED) is 0.818. The van der Waals surface area contributed by atoms with Crippen molar-refractivity contribution >= 4 is 17.1 Å². The SMILES string of the molecule is CC(=O)Cc1csc(-c2ccc(F)cc2)n1. The topological polar surface area (TPSA) is 30.0 Å². The molecule has 1 aromatic carbocycles. The number of hydrogen-bond acceptors (Lipinski definition) is 3. The van der Waals surface area contributed by atoms with E-state index in [1.807, 2.05) is 5.38 Å². The Hall–Kier alpha value is -1.55. The first-order valence-electron chi connectivity index (χ1n) is 4.85. The van der Waals surface area contributed by atoms with Crippen molar-refractivity contribution in [2.75, 3.05) is 0 Å². The molecule has 0 N–H and O–H groups in total. The first kappa shape index (κ1) is 11.0. The third-order valence-corrected chi connectivity index (χ3v) is 3.01. The maximum Gasteiger partial charge on any atom is 0.135 e. The maximum absolute atomic E-state index is 12.7. The van der Waals surface area contributed by atoms with Gasteiger partial charge in [0.05, 0.1) is 5.69 Å². The lowest BCUT2D eigenvalue weighted by molar-refractivity contribution is -0.116. The molecule has 0 saturated carbocycles. The van der Waals surface area contributed by atoms with Crippen molar-refractivity contribution in [1.29, 1.82) is 0 Å². The van der Waals surface area contributed by atoms with Gasteiger partial charge in [-0.1, -0.05) is 0 Å². The molecule has 1 heterocycles. The van der Waals surface area contributed by atoms with Gasteiger partial charge in [0, 0.05) is 17.4 Å². The molecule has 0 saturated heterocycles. The van der Waals surface area contributed by atoms with Gasteiger partial charge in [0.15, 0.2) is 0 Å². The summed E-state index contributed by atoms with van der Waals surface area (Å²) in [4.78, 5) is 15.2. The summed E-state index contributed by atoms with van der Waals surface area (Å²) in [5.74, 6) is -0.166. The molecule has 0 amide bonds. The lowest BCUT2D eigenvalue weighted by Gasteiger charge is -1.95. The van der Waals surface area contributed by atoms with Gasteiger partial charge in [-0.3, -0.25) is 4.79 Å². The fourth-order valence-corrected chi connectivity index (χ4v) is 2.19. The van der Waals surface area contributed by atoms with Crippen LogP contribution in [0.4, 0.5) is 4.39 Å². The number of halogens is 1. The Morgan fingerprint density at radius 3 is 2.69 bits per heavy atom. The van der Waals surface area contributed by atoms with Crippen LogP contribution in [0.25, 0.3) is 10.6 Å². The van der Waals surface area contributed by atoms with Gasteiger partial charge in [-0.15, -0.1) is 11.3 Å². The highest BCUT2D eigenvalue weighted by Gasteiger charge is 2.06. The Kier molecular flexibility index (Phi) is 3.10. The van der Waals surface area contributed by atoms with Gasteiger partial charge in [0.1, 0.15) is 16.6 Å². The minimum atomic E-state index is -0.260. The Balaban J connectivity index is 2.24. The van der Waals surface area contributed by atoms with E-state index in [1.165, 1.54) is 30.4 Å². The summed E-state index contributed by atoms with van der Waals surface area (Å²) in [7, 11) is 0. The number of carbonyl (C=O) groups is 1. The number of hydrogen-bond donors (Lipinski definition) is 0. The van der Waals surface area contributed by atoms with E-state index in [-0.39, 0.29) is 11.6 Å². The summed E-state index contributed by atoms with van der Waals surface area (Å²) in [5, 5.41) is 2.68. The number of aromatic nitrogens is 1. The third kappa shape index (κ3) is 2.52. The molecular formula is C12H10FNOS. The highest BCUT2D eigenvalue weighted by molar-refractivity contribution is 7.13. The molecule has 2 nitrogen and oxygen atoms in total. The Bertz CT molecular complexity index is 504. The molecule has 0 aliphatic carbocycles. The van der Waals surface area contributed by atoms with E-state index in [2.05, 4.69) is 4.98 Å². The smallest absolute Gasteiger partial charge is 0.135 e. The fraction of sp³-hybridized carbons (Fsp3) is 0.167. The van der Waals surface area contributed by atoms with Crippen LogP contribution in [0.15, 0.2) is 29.6 Å². The summed E-state index contributed by atoms with van der Waals surface area (Å²) in [5.41, 5.74) is 1.65. The van der Waals surface area contributed by atoms with Crippen molar-refractivity contribution in [1.82, 2.24) is 4.98 Å². The number of ketones is 1. The minimum Gasteiger partial charge on any atom is -0.300 e. The predicted molar refractivity (Wildman–Crippen MR) is 61.9 cm³/mol. The number of Topliss-reactive ketones (excluding diaryl/α,β-unsaturated/α-hetero) is 1. The average Bonchev–Trinajstić information content (AvgIpc) is 2.66. The molecule has 82 valence electrons. The summed E-state index contributed by atoms with van der Waals surface area (Å²) >= 11 is 1.46. The van der Waals surface area contributed by atoms with E-state index < -0.39 is 0 Å². The summed E-state index contributed by atoms with van der Waals surface area (Å²) < 4.78 is 12.7. The summed E-state index contributed by atoms with van der Waals surface area (Å²) in [6.45, 7) is 1.54. The van der Waals surface area contributed by atoms with Crippen LogP contribution in [0.3, 0.4) is 0 Å². The van der Waals surface area contributed by atoms with Gasteiger partial charge < -0.3 is 0 Å². The molecule has 2 aromatic rings. The number of benzene rings is 1. The Morgan fingerprint density at radius 2 is 2.06 bits per heavy atom. The highest BCUT2D eigenvalue weighted by atomic mass is 32.1. The molecule has 1 aromatic heterocycles. The molecular weight excluding hydrogens is 225 g/mol. The van der Waals surface area contributed by atoms with Crippen molar-refractivity contribution in [3.05, 3.63) is 41.2 Å².